The van der Waals surface area contributed by atoms with E-state index in [1.165, 1.54) is 12.1 Å². The average molecular weight is 380 g/mol. The third kappa shape index (κ3) is 5.57. The number of benzene rings is 1. The van der Waals surface area contributed by atoms with Gasteiger partial charge in [-0.25, -0.2) is 0 Å². The summed E-state index contributed by atoms with van der Waals surface area (Å²) in [6.07, 6.45) is 1.79. The molecule has 0 N–H and O–H groups in total. The van der Waals surface area contributed by atoms with E-state index in [4.69, 9.17) is 0 Å². The maximum absolute atomic E-state index is 13.5. The molecule has 0 nitrogen and oxygen atoms in total. The Bertz CT molecular complexity index is 615. The molecule has 152 valence electrons. The molecule has 0 bridgehead atoms. The van der Waals surface area contributed by atoms with Crippen LogP contribution in [0.15, 0.2) is 18.2 Å². The highest BCUT2D eigenvalue weighted by atomic mass is 19.4. The molecule has 0 spiro atoms. The molecule has 1 aromatic rings. The van der Waals surface area contributed by atoms with Crippen molar-refractivity contribution in [3.63, 3.8) is 0 Å². The van der Waals surface area contributed by atoms with Crippen molar-refractivity contribution in [2.75, 3.05) is 0 Å². The topological polar surface area (TPSA) is 0 Å². The monoisotopic (exact) mass is 380 g/mol. The summed E-state index contributed by atoms with van der Waals surface area (Å²) >= 11 is 0. The van der Waals surface area contributed by atoms with E-state index in [-0.39, 0.29) is 16.0 Å². The predicted molar refractivity (Wildman–Crippen MR) is 116 cm³/mol. The summed E-state index contributed by atoms with van der Waals surface area (Å²) in [5, 5.41) is -0.230. The Hall–Kier alpha value is -0.860. The molecular weight excluding hydrogens is 343 g/mol. The van der Waals surface area contributed by atoms with Crippen molar-refractivity contribution in [2.24, 2.45) is 5.41 Å². The lowest BCUT2D eigenvalue weighted by Crippen LogP contribution is -2.43. The summed E-state index contributed by atoms with van der Waals surface area (Å²) in [6, 6.07) is 4.46. The highest BCUT2D eigenvalue weighted by molar-refractivity contribution is 6.40. The van der Waals surface area contributed by atoms with Crippen molar-refractivity contribution in [1.82, 2.24) is 0 Å². The summed E-state index contributed by atoms with van der Waals surface area (Å²) in [6.45, 7) is 13.0. The molecular formula is C22H37B2F3. The van der Waals surface area contributed by atoms with Gasteiger partial charge in [-0.05, 0) is 41.4 Å². The second kappa shape index (κ2) is 8.66. The summed E-state index contributed by atoms with van der Waals surface area (Å²) < 4.78 is 40.5. The Labute approximate surface area is 166 Å². The molecule has 0 heterocycles. The van der Waals surface area contributed by atoms with E-state index < -0.39 is 11.7 Å². The summed E-state index contributed by atoms with van der Waals surface area (Å²) in [4.78, 5) is 0. The quantitative estimate of drug-likeness (QED) is 0.395. The van der Waals surface area contributed by atoms with Crippen LogP contribution in [0.5, 0.6) is 0 Å². The smallest absolute Gasteiger partial charge is 0.166 e. The lowest BCUT2D eigenvalue weighted by molar-refractivity contribution is -0.137. The Kier molecular flexibility index (Phi) is 7.75. The highest BCUT2D eigenvalue weighted by Crippen LogP contribution is 2.46. The van der Waals surface area contributed by atoms with Gasteiger partial charge in [0.2, 0.25) is 0 Å². The van der Waals surface area contributed by atoms with Crippen molar-refractivity contribution in [1.29, 1.82) is 0 Å². The first-order valence-electron chi connectivity index (χ1n) is 10.4. The molecule has 0 fully saturated rings. The first-order valence-corrected chi connectivity index (χ1v) is 10.4. The zero-order chi connectivity index (χ0) is 21.1. The number of hydrogen-bond acceptors (Lipinski definition) is 0. The molecule has 0 aromatic heterocycles. The summed E-state index contributed by atoms with van der Waals surface area (Å²) in [7, 11) is 4.33. The van der Waals surface area contributed by atoms with E-state index in [0.29, 0.717) is 0 Å². The van der Waals surface area contributed by atoms with Crippen LogP contribution in [0, 0.1) is 5.41 Å². The van der Waals surface area contributed by atoms with Gasteiger partial charge in [-0.1, -0.05) is 84.1 Å². The van der Waals surface area contributed by atoms with Crippen molar-refractivity contribution in [3.8, 4) is 0 Å². The van der Waals surface area contributed by atoms with E-state index in [1.54, 1.807) is 6.07 Å². The average Bonchev–Trinajstić information content (AvgIpc) is 2.53. The van der Waals surface area contributed by atoms with Gasteiger partial charge in [0.05, 0.1) is 5.56 Å². The van der Waals surface area contributed by atoms with Gasteiger partial charge in [0.25, 0.3) is 0 Å². The minimum atomic E-state index is -4.31. The van der Waals surface area contributed by atoms with Crippen molar-refractivity contribution in [3.05, 3.63) is 34.9 Å². The van der Waals surface area contributed by atoms with Crippen LogP contribution in [-0.2, 0) is 16.8 Å². The first kappa shape index (κ1) is 24.2. The van der Waals surface area contributed by atoms with Crippen LogP contribution in [0.25, 0.3) is 0 Å². The largest absolute Gasteiger partial charge is 0.416 e. The number of rotatable bonds is 8. The molecule has 0 aliphatic rings. The Morgan fingerprint density at radius 2 is 1.41 bits per heavy atom. The van der Waals surface area contributed by atoms with Crippen LogP contribution >= 0.6 is 0 Å². The summed E-state index contributed by atoms with van der Waals surface area (Å²) in [5.41, 5.74) is 1.15. The van der Waals surface area contributed by atoms with E-state index >= 15 is 0 Å². The van der Waals surface area contributed by atoms with Gasteiger partial charge < -0.3 is 0 Å². The molecule has 1 rings (SSSR count). The van der Waals surface area contributed by atoms with Gasteiger partial charge in [0.15, 0.2) is 0 Å². The fourth-order valence-electron chi connectivity index (χ4n) is 3.88. The van der Waals surface area contributed by atoms with Gasteiger partial charge in [0.1, 0.15) is 15.7 Å². The van der Waals surface area contributed by atoms with Crippen molar-refractivity contribution >= 4 is 15.7 Å². The maximum atomic E-state index is 13.5. The molecule has 1 unspecified atom stereocenters. The SMILES string of the molecule is BC(B)(c1ccc(C(F)(F)F)cc1C(C)(CCC)CCCCC)C(C)(C)C. The van der Waals surface area contributed by atoms with Gasteiger partial charge in [0, 0.05) is 0 Å². The van der Waals surface area contributed by atoms with Gasteiger partial charge in [-0.15, -0.1) is 0 Å². The molecule has 0 amide bonds. The fraction of sp³-hybridized carbons (Fsp3) is 0.727. The standard InChI is InChI=1S/C22H37B2F3/c1-7-9-10-14-20(6,13-8-2)18-15-16(22(25,26)27)11-12-17(18)21(23,24)19(3,4)5/h11-12,15H,7-10,13-14,23-24H2,1-6H3. The van der Waals surface area contributed by atoms with Crippen LogP contribution < -0.4 is 0 Å². The summed E-state index contributed by atoms with van der Waals surface area (Å²) in [5.74, 6) is 0. The van der Waals surface area contributed by atoms with Crippen molar-refractivity contribution in [2.45, 2.75) is 96.9 Å². The molecule has 1 aromatic carbocycles. The fourth-order valence-corrected chi connectivity index (χ4v) is 3.88. The predicted octanol–water partition coefficient (Wildman–Crippen LogP) is 5.81. The first-order chi connectivity index (χ1) is 12.2. The van der Waals surface area contributed by atoms with Crippen LogP contribution in [0.3, 0.4) is 0 Å². The molecule has 0 radical (unpaired) electrons. The van der Waals surface area contributed by atoms with Crippen LogP contribution in [0.2, 0.25) is 0 Å². The van der Waals surface area contributed by atoms with Crippen LogP contribution in [0.4, 0.5) is 13.2 Å². The van der Waals surface area contributed by atoms with Crippen molar-refractivity contribution < 1.29 is 13.2 Å². The third-order valence-corrected chi connectivity index (χ3v) is 6.68. The lowest BCUT2D eigenvalue weighted by atomic mass is 9.39. The van der Waals surface area contributed by atoms with E-state index in [9.17, 15) is 13.2 Å². The zero-order valence-electron chi connectivity index (χ0n) is 18.6. The minimum Gasteiger partial charge on any atom is -0.166 e. The molecule has 5 heteroatoms. The van der Waals surface area contributed by atoms with Gasteiger partial charge in [-0.3, -0.25) is 0 Å². The number of hydrogen-bond donors (Lipinski definition) is 0. The molecule has 0 saturated carbocycles. The van der Waals surface area contributed by atoms with Crippen LogP contribution in [-0.4, -0.2) is 15.7 Å². The lowest BCUT2D eigenvalue weighted by Gasteiger charge is -2.44. The van der Waals surface area contributed by atoms with E-state index in [2.05, 4.69) is 57.2 Å². The molecule has 1 atom stereocenters. The van der Waals surface area contributed by atoms with Gasteiger partial charge >= 0.3 is 6.18 Å². The Morgan fingerprint density at radius 3 is 1.85 bits per heavy atom. The minimum absolute atomic E-state index is 0.0575. The Morgan fingerprint density at radius 1 is 0.815 bits per heavy atom. The second-order valence-electron chi connectivity index (χ2n) is 9.90. The van der Waals surface area contributed by atoms with E-state index in [0.717, 1.165) is 49.7 Å². The zero-order valence-corrected chi connectivity index (χ0v) is 18.6. The highest BCUT2D eigenvalue weighted by Gasteiger charge is 2.41. The maximum Gasteiger partial charge on any atom is 0.416 e. The molecule has 0 aliphatic heterocycles. The molecule has 0 saturated heterocycles. The second-order valence-corrected chi connectivity index (χ2v) is 9.90. The normalized spacial score (nSPS) is 15.6. The number of alkyl halides is 3. The van der Waals surface area contributed by atoms with E-state index in [1.807, 2.05) is 0 Å². The number of unbranched alkanes of at least 4 members (excludes halogenated alkanes) is 2. The molecule has 0 aliphatic carbocycles. The molecule has 27 heavy (non-hydrogen) atoms. The number of halogens is 3. The van der Waals surface area contributed by atoms with Crippen LogP contribution in [0.1, 0.15) is 96.8 Å². The third-order valence-electron chi connectivity index (χ3n) is 6.68. The van der Waals surface area contributed by atoms with Gasteiger partial charge in [-0.2, -0.15) is 13.2 Å². The Balaban J connectivity index is 3.66.